The third kappa shape index (κ3) is 4.71. The molecule has 0 fully saturated rings. The van der Waals surface area contributed by atoms with Crippen LogP contribution in [0.4, 0.5) is 5.82 Å². The smallest absolute Gasteiger partial charge is 0.239 e. The summed E-state index contributed by atoms with van der Waals surface area (Å²) in [5.41, 5.74) is 6.36. The lowest BCUT2D eigenvalue weighted by molar-refractivity contribution is -0.119. The van der Waals surface area contributed by atoms with Crippen LogP contribution in [0.25, 0.3) is 0 Å². The number of rotatable bonds is 6. The van der Waals surface area contributed by atoms with Gasteiger partial charge in [0.05, 0.1) is 12.2 Å². The summed E-state index contributed by atoms with van der Waals surface area (Å²) < 4.78 is 0. The van der Waals surface area contributed by atoms with Crippen LogP contribution in [-0.4, -0.2) is 31.0 Å². The zero-order chi connectivity index (χ0) is 13.5. The van der Waals surface area contributed by atoms with Crippen molar-refractivity contribution < 1.29 is 4.79 Å². The van der Waals surface area contributed by atoms with E-state index in [-0.39, 0.29) is 5.91 Å². The van der Waals surface area contributed by atoms with Gasteiger partial charge in [-0.25, -0.2) is 4.98 Å². The summed E-state index contributed by atoms with van der Waals surface area (Å²) in [5.74, 6) is 1.22. The lowest BCUT2D eigenvalue weighted by Gasteiger charge is -2.18. The zero-order valence-electron chi connectivity index (χ0n) is 11.3. The Kier molecular flexibility index (Phi) is 5.58. The molecule has 0 bridgehead atoms. The van der Waals surface area contributed by atoms with Crippen molar-refractivity contribution in [2.75, 3.05) is 25.0 Å². The van der Waals surface area contributed by atoms with Gasteiger partial charge in [0, 0.05) is 20.1 Å². The monoisotopic (exact) mass is 250 g/mol. The molecule has 0 atom stereocenters. The Morgan fingerprint density at radius 1 is 1.50 bits per heavy atom. The van der Waals surface area contributed by atoms with Crippen LogP contribution in [0.15, 0.2) is 18.2 Å². The topological polar surface area (TPSA) is 71.2 Å². The highest BCUT2D eigenvalue weighted by molar-refractivity contribution is 5.80. The Labute approximate surface area is 108 Å². The fourth-order valence-corrected chi connectivity index (χ4v) is 1.46. The molecule has 0 aliphatic heterocycles. The summed E-state index contributed by atoms with van der Waals surface area (Å²) in [6.45, 7) is 5.53. The molecule has 0 unspecified atom stereocenters. The third-order valence-corrected chi connectivity index (χ3v) is 2.48. The van der Waals surface area contributed by atoms with Gasteiger partial charge in [-0.3, -0.25) is 4.79 Å². The maximum atomic E-state index is 11.7. The van der Waals surface area contributed by atoms with Crippen molar-refractivity contribution in [3.05, 3.63) is 23.9 Å². The minimum absolute atomic E-state index is 0.00570. The molecular formula is C13H22N4O. The first-order valence-electron chi connectivity index (χ1n) is 6.16. The van der Waals surface area contributed by atoms with Crippen molar-refractivity contribution in [1.29, 1.82) is 0 Å². The first-order valence-corrected chi connectivity index (χ1v) is 6.16. The Morgan fingerprint density at radius 3 is 2.83 bits per heavy atom. The number of hydrogen-bond acceptors (Lipinski definition) is 4. The molecule has 0 aliphatic carbocycles. The molecule has 1 aromatic heterocycles. The number of amides is 1. The van der Waals surface area contributed by atoms with Gasteiger partial charge >= 0.3 is 0 Å². The van der Waals surface area contributed by atoms with Gasteiger partial charge in [-0.1, -0.05) is 19.9 Å². The zero-order valence-corrected chi connectivity index (χ0v) is 11.3. The van der Waals surface area contributed by atoms with E-state index in [1.54, 1.807) is 0 Å². The van der Waals surface area contributed by atoms with Crippen LogP contribution in [0.2, 0.25) is 0 Å². The van der Waals surface area contributed by atoms with Crippen LogP contribution in [0.1, 0.15) is 19.5 Å². The minimum atomic E-state index is 0.00570. The van der Waals surface area contributed by atoms with Crippen molar-refractivity contribution in [2.24, 2.45) is 11.7 Å². The van der Waals surface area contributed by atoms with Gasteiger partial charge in [-0.05, 0) is 18.1 Å². The van der Waals surface area contributed by atoms with E-state index >= 15 is 0 Å². The number of nitrogens with one attached hydrogen (secondary N) is 1. The normalized spacial score (nSPS) is 10.5. The highest BCUT2D eigenvalue weighted by atomic mass is 16.2. The molecule has 0 aliphatic rings. The van der Waals surface area contributed by atoms with Gasteiger partial charge in [0.15, 0.2) is 0 Å². The van der Waals surface area contributed by atoms with E-state index < -0.39 is 0 Å². The maximum absolute atomic E-state index is 11.7. The van der Waals surface area contributed by atoms with Crippen molar-refractivity contribution in [2.45, 2.75) is 20.4 Å². The first-order chi connectivity index (χ1) is 8.52. The molecule has 5 heteroatoms. The molecule has 1 amide bonds. The number of pyridine rings is 1. The molecule has 0 aromatic carbocycles. The predicted molar refractivity (Wildman–Crippen MR) is 73.2 cm³/mol. The summed E-state index contributed by atoms with van der Waals surface area (Å²) in [7, 11) is 1.84. The number of carbonyl (C=O) groups excluding carboxylic acids is 1. The van der Waals surface area contributed by atoms with Gasteiger partial charge in [-0.2, -0.15) is 0 Å². The van der Waals surface area contributed by atoms with E-state index in [0.717, 1.165) is 11.5 Å². The van der Waals surface area contributed by atoms with Gasteiger partial charge in [0.2, 0.25) is 5.91 Å². The highest BCUT2D eigenvalue weighted by Gasteiger charge is 2.08. The molecule has 1 rings (SSSR count). The minimum Gasteiger partial charge on any atom is -0.354 e. The summed E-state index contributed by atoms with van der Waals surface area (Å²) in [5, 5.41) is 2.88. The van der Waals surface area contributed by atoms with Gasteiger partial charge in [0.25, 0.3) is 0 Å². The van der Waals surface area contributed by atoms with E-state index in [4.69, 9.17) is 5.73 Å². The van der Waals surface area contributed by atoms with Crippen molar-refractivity contribution in [3.8, 4) is 0 Å². The van der Waals surface area contributed by atoms with Crippen LogP contribution in [0, 0.1) is 5.92 Å². The second-order valence-corrected chi connectivity index (χ2v) is 4.75. The van der Waals surface area contributed by atoms with Crippen molar-refractivity contribution in [3.63, 3.8) is 0 Å². The van der Waals surface area contributed by atoms with E-state index in [1.807, 2.05) is 30.1 Å². The lowest BCUT2D eigenvalue weighted by Crippen LogP contribution is -2.37. The van der Waals surface area contributed by atoms with Crippen LogP contribution in [-0.2, 0) is 11.3 Å². The quantitative estimate of drug-likeness (QED) is 0.781. The molecular weight excluding hydrogens is 228 g/mol. The second-order valence-electron chi connectivity index (χ2n) is 4.75. The summed E-state index contributed by atoms with van der Waals surface area (Å²) >= 11 is 0. The Morgan fingerprint density at radius 2 is 2.22 bits per heavy atom. The number of hydrogen-bond donors (Lipinski definition) is 2. The first kappa shape index (κ1) is 14.4. The predicted octanol–water partition coefficient (Wildman–Crippen LogP) is 0.749. The van der Waals surface area contributed by atoms with Crippen LogP contribution in [0.5, 0.6) is 0 Å². The summed E-state index contributed by atoms with van der Waals surface area (Å²) in [6.07, 6.45) is 0. The number of anilines is 1. The fraction of sp³-hybridized carbons (Fsp3) is 0.538. The average molecular weight is 250 g/mol. The molecule has 0 saturated carbocycles. The Hall–Kier alpha value is -1.62. The third-order valence-electron chi connectivity index (χ3n) is 2.48. The summed E-state index contributed by atoms with van der Waals surface area (Å²) in [4.78, 5) is 17.9. The van der Waals surface area contributed by atoms with E-state index in [9.17, 15) is 4.79 Å². The highest BCUT2D eigenvalue weighted by Crippen LogP contribution is 2.08. The van der Waals surface area contributed by atoms with Gasteiger partial charge < -0.3 is 16.0 Å². The van der Waals surface area contributed by atoms with Crippen LogP contribution >= 0.6 is 0 Å². The van der Waals surface area contributed by atoms with Crippen molar-refractivity contribution >= 4 is 11.7 Å². The second kappa shape index (κ2) is 6.96. The molecule has 0 spiro atoms. The largest absolute Gasteiger partial charge is 0.354 e. The SMILES string of the molecule is CC(C)CNC(=O)CN(C)c1cccc(CN)n1. The molecule has 3 N–H and O–H groups in total. The Balaban J connectivity index is 2.53. The lowest BCUT2D eigenvalue weighted by atomic mass is 10.2. The number of nitrogens with two attached hydrogens (primary N) is 1. The molecule has 0 radical (unpaired) electrons. The molecule has 1 heterocycles. The molecule has 18 heavy (non-hydrogen) atoms. The van der Waals surface area contributed by atoms with E-state index in [2.05, 4.69) is 24.1 Å². The Bertz CT molecular complexity index is 392. The fourth-order valence-electron chi connectivity index (χ4n) is 1.46. The number of nitrogens with zero attached hydrogens (tertiary/aromatic N) is 2. The van der Waals surface area contributed by atoms with Gasteiger partial charge in [0.1, 0.15) is 5.82 Å². The molecule has 1 aromatic rings. The average Bonchev–Trinajstić information content (AvgIpc) is 2.36. The van der Waals surface area contributed by atoms with Crippen LogP contribution < -0.4 is 16.0 Å². The van der Waals surface area contributed by atoms with E-state index in [1.165, 1.54) is 0 Å². The van der Waals surface area contributed by atoms with Crippen LogP contribution in [0.3, 0.4) is 0 Å². The standard InChI is InChI=1S/C13H22N4O/c1-10(2)8-15-13(18)9-17(3)12-6-4-5-11(7-14)16-12/h4-6,10H,7-9,14H2,1-3H3,(H,15,18). The maximum Gasteiger partial charge on any atom is 0.239 e. The number of carbonyl (C=O) groups is 1. The van der Waals surface area contributed by atoms with E-state index in [0.29, 0.717) is 25.6 Å². The molecule has 100 valence electrons. The molecule has 5 nitrogen and oxygen atoms in total. The van der Waals surface area contributed by atoms with Crippen molar-refractivity contribution in [1.82, 2.24) is 10.3 Å². The van der Waals surface area contributed by atoms with Gasteiger partial charge in [-0.15, -0.1) is 0 Å². The summed E-state index contributed by atoms with van der Waals surface area (Å²) in [6, 6.07) is 5.64. The number of likely N-dealkylation sites (N-methyl/N-ethyl adjacent to an activating group) is 1. The number of aromatic nitrogens is 1. The molecule has 0 saturated heterocycles.